The standard InChI is InChI=1S/C15H27NO3/c1-15(2)10-7-8-12(15)14(18)16-11-6-4-5-9-13(17)19-3/h12H,4-11H2,1-3H3,(H,16,18). The predicted molar refractivity (Wildman–Crippen MR) is 74.6 cm³/mol. The van der Waals surface area contributed by atoms with E-state index < -0.39 is 0 Å². The van der Waals surface area contributed by atoms with Crippen molar-refractivity contribution < 1.29 is 14.3 Å². The van der Waals surface area contributed by atoms with E-state index in [4.69, 9.17) is 0 Å². The van der Waals surface area contributed by atoms with Crippen LogP contribution >= 0.6 is 0 Å². The molecule has 1 saturated carbocycles. The smallest absolute Gasteiger partial charge is 0.305 e. The summed E-state index contributed by atoms with van der Waals surface area (Å²) in [6.45, 7) is 5.08. The number of carbonyl (C=O) groups is 2. The molecule has 1 atom stereocenters. The van der Waals surface area contributed by atoms with Gasteiger partial charge in [0.05, 0.1) is 7.11 Å². The second-order valence-electron chi connectivity index (χ2n) is 6.11. The summed E-state index contributed by atoms with van der Waals surface area (Å²) >= 11 is 0. The molecule has 1 rings (SSSR count). The van der Waals surface area contributed by atoms with Crippen molar-refractivity contribution in [2.24, 2.45) is 11.3 Å². The number of rotatable bonds is 7. The number of hydrogen-bond acceptors (Lipinski definition) is 3. The van der Waals surface area contributed by atoms with Gasteiger partial charge in [0.15, 0.2) is 0 Å². The molecule has 0 spiro atoms. The third-order valence-electron chi connectivity index (χ3n) is 4.16. The lowest BCUT2D eigenvalue weighted by Gasteiger charge is -2.25. The first-order valence-electron chi connectivity index (χ1n) is 7.32. The summed E-state index contributed by atoms with van der Waals surface area (Å²) in [4.78, 5) is 23.0. The van der Waals surface area contributed by atoms with Crippen molar-refractivity contribution in [1.29, 1.82) is 0 Å². The van der Waals surface area contributed by atoms with Crippen LogP contribution in [0, 0.1) is 11.3 Å². The fraction of sp³-hybridized carbons (Fsp3) is 0.867. The minimum absolute atomic E-state index is 0.148. The number of esters is 1. The zero-order valence-corrected chi connectivity index (χ0v) is 12.5. The van der Waals surface area contributed by atoms with Gasteiger partial charge in [0.25, 0.3) is 0 Å². The molecule has 1 aliphatic carbocycles. The summed E-state index contributed by atoms with van der Waals surface area (Å²) in [5.74, 6) is 0.217. The van der Waals surface area contributed by atoms with Crippen LogP contribution < -0.4 is 5.32 Å². The lowest BCUT2D eigenvalue weighted by Crippen LogP contribution is -2.36. The molecule has 0 aromatic heterocycles. The van der Waals surface area contributed by atoms with Gasteiger partial charge in [-0.1, -0.05) is 26.7 Å². The molecule has 1 unspecified atom stereocenters. The van der Waals surface area contributed by atoms with E-state index >= 15 is 0 Å². The molecule has 1 fully saturated rings. The number of carbonyl (C=O) groups excluding carboxylic acids is 2. The highest BCUT2D eigenvalue weighted by molar-refractivity contribution is 5.79. The minimum Gasteiger partial charge on any atom is -0.469 e. The van der Waals surface area contributed by atoms with E-state index in [1.807, 2.05) is 0 Å². The Kier molecular flexibility index (Phi) is 6.32. The Morgan fingerprint density at radius 2 is 2.00 bits per heavy atom. The molecule has 1 N–H and O–H groups in total. The second kappa shape index (κ2) is 7.51. The van der Waals surface area contributed by atoms with Crippen molar-refractivity contribution in [2.75, 3.05) is 13.7 Å². The van der Waals surface area contributed by atoms with Crippen LogP contribution in [0.2, 0.25) is 0 Å². The number of methoxy groups -OCH3 is 1. The SMILES string of the molecule is COC(=O)CCCCCNC(=O)C1CCCC1(C)C. The molecule has 0 saturated heterocycles. The number of nitrogens with one attached hydrogen (secondary N) is 1. The Hall–Kier alpha value is -1.06. The van der Waals surface area contributed by atoms with Crippen LogP contribution in [0.1, 0.15) is 58.8 Å². The first kappa shape index (κ1) is 16.0. The molecule has 0 aromatic carbocycles. The Morgan fingerprint density at radius 3 is 2.58 bits per heavy atom. The van der Waals surface area contributed by atoms with Gasteiger partial charge in [-0.3, -0.25) is 9.59 Å². The zero-order valence-electron chi connectivity index (χ0n) is 12.5. The summed E-state index contributed by atoms with van der Waals surface area (Å²) in [6.07, 6.45) is 6.49. The highest BCUT2D eigenvalue weighted by atomic mass is 16.5. The van der Waals surface area contributed by atoms with Gasteiger partial charge >= 0.3 is 5.97 Å². The van der Waals surface area contributed by atoms with E-state index in [2.05, 4.69) is 23.9 Å². The lowest BCUT2D eigenvalue weighted by molar-refractivity contribution is -0.140. The van der Waals surface area contributed by atoms with E-state index in [1.54, 1.807) is 0 Å². The average Bonchev–Trinajstić information content (AvgIpc) is 2.72. The van der Waals surface area contributed by atoms with Crippen molar-refractivity contribution >= 4 is 11.9 Å². The molecular weight excluding hydrogens is 242 g/mol. The summed E-state index contributed by atoms with van der Waals surface area (Å²) in [7, 11) is 1.41. The van der Waals surface area contributed by atoms with Gasteiger partial charge in [0, 0.05) is 18.9 Å². The van der Waals surface area contributed by atoms with Gasteiger partial charge in [0.1, 0.15) is 0 Å². The van der Waals surface area contributed by atoms with E-state index in [1.165, 1.54) is 7.11 Å². The fourth-order valence-electron chi connectivity index (χ4n) is 2.82. The van der Waals surface area contributed by atoms with E-state index in [-0.39, 0.29) is 23.2 Å². The third kappa shape index (κ3) is 5.21. The van der Waals surface area contributed by atoms with Crippen LogP contribution in [0.5, 0.6) is 0 Å². The van der Waals surface area contributed by atoms with E-state index in [9.17, 15) is 9.59 Å². The molecule has 0 bridgehead atoms. The Labute approximate surface area is 116 Å². The Morgan fingerprint density at radius 1 is 1.26 bits per heavy atom. The van der Waals surface area contributed by atoms with E-state index in [0.29, 0.717) is 13.0 Å². The summed E-state index contributed by atoms with van der Waals surface area (Å²) in [6, 6.07) is 0. The molecule has 0 heterocycles. The highest BCUT2D eigenvalue weighted by Gasteiger charge is 2.38. The van der Waals surface area contributed by atoms with E-state index in [0.717, 1.165) is 38.5 Å². The normalized spacial score (nSPS) is 21.1. The van der Waals surface area contributed by atoms with Gasteiger partial charge in [-0.15, -0.1) is 0 Å². The Bertz CT molecular complexity index is 313. The first-order valence-corrected chi connectivity index (χ1v) is 7.32. The molecule has 0 radical (unpaired) electrons. The molecule has 19 heavy (non-hydrogen) atoms. The quantitative estimate of drug-likeness (QED) is 0.571. The first-order chi connectivity index (χ1) is 8.97. The van der Waals surface area contributed by atoms with Crippen molar-refractivity contribution in [3.05, 3.63) is 0 Å². The van der Waals surface area contributed by atoms with Crippen LogP contribution in [-0.4, -0.2) is 25.5 Å². The summed E-state index contributed by atoms with van der Waals surface area (Å²) in [5, 5.41) is 3.03. The maximum absolute atomic E-state index is 12.1. The van der Waals surface area contributed by atoms with Gasteiger partial charge < -0.3 is 10.1 Å². The molecule has 1 amide bonds. The lowest BCUT2D eigenvalue weighted by atomic mass is 9.81. The average molecular weight is 269 g/mol. The van der Waals surface area contributed by atoms with Gasteiger partial charge in [-0.2, -0.15) is 0 Å². The maximum atomic E-state index is 12.1. The molecule has 1 aliphatic rings. The van der Waals surface area contributed by atoms with Crippen LogP contribution in [0.25, 0.3) is 0 Å². The molecule has 4 nitrogen and oxygen atoms in total. The van der Waals surface area contributed by atoms with Gasteiger partial charge in [0.2, 0.25) is 5.91 Å². The molecule has 0 aromatic rings. The van der Waals surface area contributed by atoms with Crippen LogP contribution in [0.4, 0.5) is 0 Å². The highest BCUT2D eigenvalue weighted by Crippen LogP contribution is 2.42. The van der Waals surface area contributed by atoms with Crippen LogP contribution in [0.15, 0.2) is 0 Å². The molecular formula is C15H27NO3. The second-order valence-corrected chi connectivity index (χ2v) is 6.11. The van der Waals surface area contributed by atoms with Gasteiger partial charge in [-0.25, -0.2) is 0 Å². The number of hydrogen-bond donors (Lipinski definition) is 1. The zero-order chi connectivity index (χ0) is 14.3. The Balaban J connectivity index is 2.09. The largest absolute Gasteiger partial charge is 0.469 e. The fourth-order valence-corrected chi connectivity index (χ4v) is 2.82. The maximum Gasteiger partial charge on any atom is 0.305 e. The van der Waals surface area contributed by atoms with Crippen molar-refractivity contribution in [2.45, 2.75) is 58.8 Å². The number of ether oxygens (including phenoxy) is 1. The summed E-state index contributed by atoms with van der Waals surface area (Å²) in [5.41, 5.74) is 0.148. The van der Waals surface area contributed by atoms with Crippen molar-refractivity contribution in [3.63, 3.8) is 0 Å². The molecule has 110 valence electrons. The van der Waals surface area contributed by atoms with Crippen molar-refractivity contribution in [3.8, 4) is 0 Å². The predicted octanol–water partition coefficient (Wildman–Crippen LogP) is 2.66. The molecule has 0 aliphatic heterocycles. The van der Waals surface area contributed by atoms with Gasteiger partial charge in [-0.05, 0) is 31.1 Å². The number of unbranched alkanes of at least 4 members (excludes halogenated alkanes) is 2. The monoisotopic (exact) mass is 269 g/mol. The number of amides is 1. The topological polar surface area (TPSA) is 55.4 Å². The molecule has 4 heteroatoms. The van der Waals surface area contributed by atoms with Crippen molar-refractivity contribution in [1.82, 2.24) is 5.32 Å². The minimum atomic E-state index is -0.156. The summed E-state index contributed by atoms with van der Waals surface area (Å²) < 4.78 is 4.58. The third-order valence-corrected chi connectivity index (χ3v) is 4.16. The van der Waals surface area contributed by atoms with Crippen LogP contribution in [-0.2, 0) is 14.3 Å². The van der Waals surface area contributed by atoms with Crippen LogP contribution in [0.3, 0.4) is 0 Å².